The van der Waals surface area contributed by atoms with E-state index in [0.29, 0.717) is 0 Å². The Morgan fingerprint density at radius 1 is 0.365 bits per heavy atom. The molecule has 6 nitrogen and oxygen atoms in total. The third-order valence-corrected chi connectivity index (χ3v) is 13.0. The Hall–Kier alpha value is -5.10. The maximum absolute atomic E-state index is 3.98. The Balaban J connectivity index is 1.23. The van der Waals surface area contributed by atoms with E-state index in [9.17, 15) is 0 Å². The van der Waals surface area contributed by atoms with Gasteiger partial charge in [0.2, 0.25) is 0 Å². The number of aromatic nitrogens is 6. The van der Waals surface area contributed by atoms with Crippen molar-refractivity contribution in [3.05, 3.63) is 177 Å². The fourth-order valence-electron chi connectivity index (χ4n) is 8.98. The van der Waals surface area contributed by atoms with E-state index in [1.165, 1.54) is 79.5 Å². The molecule has 0 aliphatic carbocycles. The van der Waals surface area contributed by atoms with E-state index in [0.717, 1.165) is 38.5 Å². The van der Waals surface area contributed by atoms with Crippen molar-refractivity contribution in [2.75, 3.05) is 0 Å². The van der Waals surface area contributed by atoms with Crippen molar-refractivity contribution in [1.82, 2.24) is 29.9 Å². The first-order chi connectivity index (χ1) is 24.9. The number of nitrogens with one attached hydrogen (secondary N) is 6. The Morgan fingerprint density at radius 2 is 0.692 bits per heavy atom. The molecule has 9 heterocycles. The minimum Gasteiger partial charge on any atom is -0.362 e. The second-order valence-corrected chi connectivity index (χ2v) is 17.2. The van der Waals surface area contributed by atoms with E-state index in [-0.39, 0.29) is 21.7 Å². The lowest BCUT2D eigenvalue weighted by molar-refractivity contribution is 0.475. The molecule has 52 heavy (non-hydrogen) atoms. The van der Waals surface area contributed by atoms with Crippen LogP contribution in [-0.4, -0.2) is 29.9 Å². The van der Waals surface area contributed by atoms with Crippen molar-refractivity contribution >= 4 is 0 Å². The highest BCUT2D eigenvalue weighted by Crippen LogP contribution is 2.43. The predicted octanol–water partition coefficient (Wildman–Crippen LogP) is 9.99. The van der Waals surface area contributed by atoms with Crippen LogP contribution in [0.15, 0.2) is 97.1 Å². The third-order valence-electron chi connectivity index (χ3n) is 13.0. The molecule has 0 amide bonds. The minimum absolute atomic E-state index is 0.258. The SMILES string of the molecule is CC1(C)c2ccc([nH]2)C2(C)CCc3ccc([nH]3)Cc3cccc(c3)Cc3ccc([nH]3)CCC(C)(c3ccc1[nH]3)c1ccc([nH]1)C(C)(C)c1ccc2[nH]1. The van der Waals surface area contributed by atoms with Gasteiger partial charge in [-0.1, -0.05) is 24.3 Å². The second kappa shape index (κ2) is 11.7. The molecule has 6 heteroatoms. The molecule has 6 N–H and O–H groups in total. The van der Waals surface area contributed by atoms with Gasteiger partial charge in [-0.2, -0.15) is 0 Å². The summed E-state index contributed by atoms with van der Waals surface area (Å²) in [5.74, 6) is 0. The molecule has 3 aliphatic heterocycles. The molecule has 266 valence electrons. The van der Waals surface area contributed by atoms with Crippen LogP contribution >= 0.6 is 0 Å². The molecular formula is C46H52N6. The zero-order valence-electron chi connectivity index (χ0n) is 31.5. The molecule has 16 bridgehead atoms. The summed E-state index contributed by atoms with van der Waals surface area (Å²) in [6.07, 6.45) is 5.53. The summed E-state index contributed by atoms with van der Waals surface area (Å²) in [7, 11) is 0. The van der Waals surface area contributed by atoms with Crippen LogP contribution in [0.1, 0.15) is 134 Å². The van der Waals surface area contributed by atoms with Crippen molar-refractivity contribution in [2.45, 2.75) is 102 Å². The van der Waals surface area contributed by atoms with Gasteiger partial charge in [-0.05, 0) is 151 Å². The summed E-state index contributed by atoms with van der Waals surface area (Å²) in [6.45, 7) is 14.1. The van der Waals surface area contributed by atoms with Gasteiger partial charge in [-0.15, -0.1) is 0 Å². The average molecular weight is 689 g/mol. The van der Waals surface area contributed by atoms with Crippen LogP contribution in [0.5, 0.6) is 0 Å². The Labute approximate surface area is 307 Å². The number of rotatable bonds is 0. The van der Waals surface area contributed by atoms with Crippen molar-refractivity contribution in [2.24, 2.45) is 0 Å². The highest BCUT2D eigenvalue weighted by Gasteiger charge is 2.39. The molecule has 0 saturated heterocycles. The molecule has 0 saturated carbocycles. The van der Waals surface area contributed by atoms with E-state index in [2.05, 4.69) is 169 Å². The minimum atomic E-state index is -0.274. The maximum Gasteiger partial charge on any atom is 0.0479 e. The number of benzene rings is 1. The van der Waals surface area contributed by atoms with Gasteiger partial charge in [0.1, 0.15) is 0 Å². The summed E-state index contributed by atoms with van der Waals surface area (Å²) in [5, 5.41) is 0. The number of H-pyrrole nitrogens is 6. The first kappa shape index (κ1) is 32.8. The largest absolute Gasteiger partial charge is 0.362 e. The van der Waals surface area contributed by atoms with Gasteiger partial charge in [-0.25, -0.2) is 0 Å². The van der Waals surface area contributed by atoms with E-state index >= 15 is 0 Å². The molecule has 10 rings (SSSR count). The number of hydrogen-bond donors (Lipinski definition) is 6. The molecule has 6 aromatic heterocycles. The van der Waals surface area contributed by atoms with Crippen LogP contribution in [0.4, 0.5) is 0 Å². The molecule has 0 fully saturated rings. The summed E-state index contributed by atoms with van der Waals surface area (Å²) in [5.41, 5.74) is 16.4. The van der Waals surface area contributed by atoms with Crippen LogP contribution < -0.4 is 0 Å². The number of fused-ring (bicyclic) bond motifs is 2. The first-order valence-electron chi connectivity index (χ1n) is 19.1. The standard InChI is InChI=1S/C46H52N6/c1-43(2)35-14-18-39(49-35)45(5)24-22-31-10-12-33(47-31)27-29-8-7-9-30(26-29)28-34-13-11-32(48-34)23-25-46(6,40-19-15-36(43)50-40)42-21-17-38(52-42)44(3,4)37-16-20-41(45)51-37/h7-21,26,47-52H,22-25,27-28H2,1-6H3. The summed E-state index contributed by atoms with van der Waals surface area (Å²) in [6, 6.07) is 36.7. The highest BCUT2D eigenvalue weighted by molar-refractivity contribution is 5.44. The molecule has 1 aromatic carbocycles. The van der Waals surface area contributed by atoms with Crippen molar-refractivity contribution < 1.29 is 0 Å². The fraction of sp³-hybridized carbons (Fsp3) is 0.348. The van der Waals surface area contributed by atoms with E-state index in [1.807, 2.05) is 0 Å². The highest BCUT2D eigenvalue weighted by atomic mass is 14.9. The lowest BCUT2D eigenvalue weighted by Gasteiger charge is -2.31. The van der Waals surface area contributed by atoms with Gasteiger partial charge >= 0.3 is 0 Å². The van der Waals surface area contributed by atoms with Gasteiger partial charge < -0.3 is 29.9 Å². The molecule has 0 radical (unpaired) electrons. The van der Waals surface area contributed by atoms with Crippen LogP contribution in [0.25, 0.3) is 0 Å². The summed E-state index contributed by atoms with van der Waals surface area (Å²) < 4.78 is 0. The number of aromatic amines is 6. The second-order valence-electron chi connectivity index (χ2n) is 17.2. The molecule has 0 unspecified atom stereocenters. The summed E-state index contributed by atoms with van der Waals surface area (Å²) in [4.78, 5) is 23.5. The Bertz CT molecular complexity index is 2120. The average Bonchev–Trinajstić information content (AvgIpc) is 3.97. The lowest BCUT2D eigenvalue weighted by atomic mass is 9.78. The van der Waals surface area contributed by atoms with E-state index < -0.39 is 0 Å². The van der Waals surface area contributed by atoms with Gasteiger partial charge in [0, 0.05) is 103 Å². The van der Waals surface area contributed by atoms with E-state index in [4.69, 9.17) is 0 Å². The van der Waals surface area contributed by atoms with Crippen LogP contribution in [0.2, 0.25) is 0 Å². The smallest absolute Gasteiger partial charge is 0.0479 e. The van der Waals surface area contributed by atoms with Crippen molar-refractivity contribution in [3.8, 4) is 0 Å². The number of hydrogen-bond acceptors (Lipinski definition) is 0. The van der Waals surface area contributed by atoms with Crippen molar-refractivity contribution in [1.29, 1.82) is 0 Å². The Kier molecular flexibility index (Phi) is 7.38. The predicted molar refractivity (Wildman–Crippen MR) is 211 cm³/mol. The van der Waals surface area contributed by atoms with Crippen molar-refractivity contribution in [3.63, 3.8) is 0 Å². The van der Waals surface area contributed by atoms with Gasteiger partial charge in [0.25, 0.3) is 0 Å². The van der Waals surface area contributed by atoms with E-state index in [1.54, 1.807) is 0 Å². The quantitative estimate of drug-likeness (QED) is 0.0915. The first-order valence-corrected chi connectivity index (χ1v) is 19.1. The van der Waals surface area contributed by atoms with Crippen LogP contribution in [0, 0.1) is 0 Å². The topological polar surface area (TPSA) is 94.7 Å². The summed E-state index contributed by atoms with van der Waals surface area (Å²) >= 11 is 0. The monoisotopic (exact) mass is 688 g/mol. The zero-order chi connectivity index (χ0) is 35.9. The molecular weight excluding hydrogens is 637 g/mol. The van der Waals surface area contributed by atoms with Crippen LogP contribution in [-0.2, 0) is 47.3 Å². The molecule has 0 spiro atoms. The maximum atomic E-state index is 3.98. The molecule has 7 aromatic rings. The van der Waals surface area contributed by atoms with Gasteiger partial charge in [0.05, 0.1) is 0 Å². The molecule has 0 atom stereocenters. The number of aryl methyl sites for hydroxylation is 2. The van der Waals surface area contributed by atoms with Crippen LogP contribution in [0.3, 0.4) is 0 Å². The lowest BCUT2D eigenvalue weighted by Crippen LogP contribution is -2.29. The normalized spacial score (nSPS) is 22.4. The third kappa shape index (κ3) is 5.37. The van der Waals surface area contributed by atoms with Gasteiger partial charge in [-0.3, -0.25) is 0 Å². The fourth-order valence-corrected chi connectivity index (χ4v) is 8.98. The zero-order valence-corrected chi connectivity index (χ0v) is 31.5. The molecule has 3 aliphatic rings. The Morgan fingerprint density at radius 3 is 1.06 bits per heavy atom. The van der Waals surface area contributed by atoms with Gasteiger partial charge in [0.15, 0.2) is 0 Å².